The van der Waals surface area contributed by atoms with Gasteiger partial charge in [-0.1, -0.05) is 40.5 Å². The highest BCUT2D eigenvalue weighted by Gasteiger charge is 2.12. The van der Waals surface area contributed by atoms with Gasteiger partial charge in [0.25, 0.3) is 0 Å². The summed E-state index contributed by atoms with van der Waals surface area (Å²) in [6.07, 6.45) is 0. The average molecular weight is 274 g/mol. The van der Waals surface area contributed by atoms with E-state index in [1.165, 1.54) is 0 Å². The minimum absolute atomic E-state index is 0.333. The standard InChI is InChI=1S/C10H10BrClN2/c1-2-14-10(6-13)8-4-3-7(11)5-9(8)12/h3-5,10,14H,2H2,1H3. The molecule has 1 aromatic carbocycles. The van der Waals surface area contributed by atoms with Gasteiger partial charge in [0, 0.05) is 15.1 Å². The van der Waals surface area contributed by atoms with Crippen LogP contribution in [0.2, 0.25) is 5.02 Å². The molecule has 1 N–H and O–H groups in total. The van der Waals surface area contributed by atoms with Crippen molar-refractivity contribution in [1.29, 1.82) is 5.26 Å². The Morgan fingerprint density at radius 3 is 2.86 bits per heavy atom. The molecular formula is C10H10BrClN2. The Hall–Kier alpha value is -0.560. The number of nitrogens with zero attached hydrogens (tertiary/aromatic N) is 1. The molecule has 2 nitrogen and oxygen atoms in total. The summed E-state index contributed by atoms with van der Waals surface area (Å²) in [5.41, 5.74) is 0.819. The van der Waals surface area contributed by atoms with E-state index in [0.717, 1.165) is 16.6 Å². The van der Waals surface area contributed by atoms with Crippen LogP contribution in [-0.2, 0) is 0 Å². The van der Waals surface area contributed by atoms with Crippen molar-refractivity contribution in [2.24, 2.45) is 0 Å². The fourth-order valence-electron chi connectivity index (χ4n) is 1.16. The van der Waals surface area contributed by atoms with Gasteiger partial charge in [0.05, 0.1) is 6.07 Å². The molecule has 0 radical (unpaired) electrons. The summed E-state index contributed by atoms with van der Waals surface area (Å²) in [6, 6.07) is 7.35. The highest BCUT2D eigenvalue weighted by Crippen LogP contribution is 2.26. The first-order chi connectivity index (χ1) is 6.69. The summed E-state index contributed by atoms with van der Waals surface area (Å²) < 4.78 is 0.916. The average Bonchev–Trinajstić information content (AvgIpc) is 2.15. The molecule has 0 amide bonds. The number of hydrogen-bond donors (Lipinski definition) is 1. The van der Waals surface area contributed by atoms with Crippen LogP contribution in [0.1, 0.15) is 18.5 Å². The molecule has 1 aromatic rings. The highest BCUT2D eigenvalue weighted by molar-refractivity contribution is 9.10. The summed E-state index contributed by atoms with van der Waals surface area (Å²) in [6.45, 7) is 2.70. The Kier molecular flexibility index (Phi) is 4.40. The molecule has 0 aromatic heterocycles. The van der Waals surface area contributed by atoms with Crippen molar-refractivity contribution in [2.75, 3.05) is 6.54 Å². The molecule has 14 heavy (non-hydrogen) atoms. The lowest BCUT2D eigenvalue weighted by atomic mass is 10.1. The topological polar surface area (TPSA) is 35.8 Å². The normalized spacial score (nSPS) is 12.1. The Balaban J connectivity index is 3.00. The Labute approximate surface area is 97.0 Å². The molecule has 0 aliphatic heterocycles. The second-order valence-corrected chi connectivity index (χ2v) is 4.11. The third kappa shape index (κ3) is 2.71. The molecule has 0 saturated heterocycles. The van der Waals surface area contributed by atoms with Crippen LogP contribution in [0.5, 0.6) is 0 Å². The van der Waals surface area contributed by atoms with Crippen molar-refractivity contribution in [2.45, 2.75) is 13.0 Å². The van der Waals surface area contributed by atoms with E-state index >= 15 is 0 Å². The summed E-state index contributed by atoms with van der Waals surface area (Å²) in [5, 5.41) is 12.6. The molecule has 0 saturated carbocycles. The molecule has 0 aliphatic carbocycles. The van der Waals surface area contributed by atoms with Crippen molar-refractivity contribution in [3.8, 4) is 6.07 Å². The van der Waals surface area contributed by atoms with Crippen molar-refractivity contribution in [3.63, 3.8) is 0 Å². The summed E-state index contributed by atoms with van der Waals surface area (Å²) in [4.78, 5) is 0. The Bertz CT molecular complexity index is 360. The maximum absolute atomic E-state index is 8.92. The number of nitrogens with one attached hydrogen (secondary N) is 1. The van der Waals surface area contributed by atoms with E-state index in [1.807, 2.05) is 19.1 Å². The van der Waals surface area contributed by atoms with Gasteiger partial charge in [0.2, 0.25) is 0 Å². The first-order valence-electron chi connectivity index (χ1n) is 4.27. The first-order valence-corrected chi connectivity index (χ1v) is 5.44. The molecule has 0 aliphatic rings. The van der Waals surface area contributed by atoms with E-state index in [0.29, 0.717) is 5.02 Å². The smallest absolute Gasteiger partial charge is 0.122 e. The number of benzene rings is 1. The van der Waals surface area contributed by atoms with E-state index in [-0.39, 0.29) is 6.04 Å². The van der Waals surface area contributed by atoms with Gasteiger partial charge >= 0.3 is 0 Å². The number of hydrogen-bond acceptors (Lipinski definition) is 2. The zero-order valence-corrected chi connectivity index (χ0v) is 10.1. The van der Waals surface area contributed by atoms with E-state index in [1.54, 1.807) is 6.07 Å². The van der Waals surface area contributed by atoms with E-state index in [4.69, 9.17) is 16.9 Å². The molecule has 0 fully saturated rings. The van der Waals surface area contributed by atoms with E-state index < -0.39 is 0 Å². The van der Waals surface area contributed by atoms with Gasteiger partial charge in [0.1, 0.15) is 6.04 Å². The first kappa shape index (κ1) is 11.5. The molecule has 74 valence electrons. The van der Waals surface area contributed by atoms with Crippen LogP contribution in [0.4, 0.5) is 0 Å². The van der Waals surface area contributed by atoms with Crippen LogP contribution in [0, 0.1) is 11.3 Å². The van der Waals surface area contributed by atoms with Crippen LogP contribution >= 0.6 is 27.5 Å². The molecule has 0 bridgehead atoms. The minimum Gasteiger partial charge on any atom is -0.298 e. The lowest BCUT2D eigenvalue weighted by Crippen LogP contribution is -2.19. The van der Waals surface area contributed by atoms with Gasteiger partial charge in [-0.2, -0.15) is 5.26 Å². The maximum Gasteiger partial charge on any atom is 0.122 e. The van der Waals surface area contributed by atoms with Crippen LogP contribution in [0.3, 0.4) is 0 Å². The molecule has 1 rings (SSSR count). The monoisotopic (exact) mass is 272 g/mol. The minimum atomic E-state index is -0.333. The number of rotatable bonds is 3. The lowest BCUT2D eigenvalue weighted by molar-refractivity contribution is 0.658. The Morgan fingerprint density at radius 1 is 1.64 bits per heavy atom. The number of nitriles is 1. The van der Waals surface area contributed by atoms with Crippen LogP contribution < -0.4 is 5.32 Å². The fourth-order valence-corrected chi connectivity index (χ4v) is 1.95. The van der Waals surface area contributed by atoms with Crippen molar-refractivity contribution in [3.05, 3.63) is 33.3 Å². The maximum atomic E-state index is 8.92. The summed E-state index contributed by atoms with van der Waals surface area (Å²) in [7, 11) is 0. The predicted octanol–water partition coefficient (Wildman–Crippen LogP) is 3.28. The second kappa shape index (κ2) is 5.35. The molecule has 0 spiro atoms. The lowest BCUT2D eigenvalue weighted by Gasteiger charge is -2.11. The van der Waals surface area contributed by atoms with Crippen LogP contribution in [0.25, 0.3) is 0 Å². The van der Waals surface area contributed by atoms with Gasteiger partial charge in [-0.3, -0.25) is 5.32 Å². The van der Waals surface area contributed by atoms with E-state index in [9.17, 15) is 0 Å². The predicted molar refractivity (Wildman–Crippen MR) is 61.2 cm³/mol. The van der Waals surface area contributed by atoms with Gasteiger partial charge in [-0.25, -0.2) is 0 Å². The summed E-state index contributed by atoms with van der Waals surface area (Å²) in [5.74, 6) is 0. The summed E-state index contributed by atoms with van der Waals surface area (Å²) >= 11 is 9.34. The van der Waals surface area contributed by atoms with Gasteiger partial charge < -0.3 is 0 Å². The number of halogens is 2. The SMILES string of the molecule is CCNC(C#N)c1ccc(Br)cc1Cl. The second-order valence-electron chi connectivity index (χ2n) is 2.79. The quantitative estimate of drug-likeness (QED) is 0.917. The molecule has 1 atom stereocenters. The third-order valence-corrected chi connectivity index (χ3v) is 2.63. The fraction of sp³-hybridized carbons (Fsp3) is 0.300. The van der Waals surface area contributed by atoms with Crippen molar-refractivity contribution < 1.29 is 0 Å². The third-order valence-electron chi connectivity index (χ3n) is 1.81. The molecule has 0 heterocycles. The van der Waals surface area contributed by atoms with Crippen molar-refractivity contribution >= 4 is 27.5 Å². The largest absolute Gasteiger partial charge is 0.298 e. The van der Waals surface area contributed by atoms with Crippen LogP contribution in [0.15, 0.2) is 22.7 Å². The van der Waals surface area contributed by atoms with Crippen LogP contribution in [-0.4, -0.2) is 6.54 Å². The zero-order valence-electron chi connectivity index (χ0n) is 7.72. The highest BCUT2D eigenvalue weighted by atomic mass is 79.9. The van der Waals surface area contributed by atoms with Crippen molar-refractivity contribution in [1.82, 2.24) is 5.32 Å². The van der Waals surface area contributed by atoms with Gasteiger partial charge in [-0.05, 0) is 18.7 Å². The Morgan fingerprint density at radius 2 is 2.36 bits per heavy atom. The van der Waals surface area contributed by atoms with Gasteiger partial charge in [-0.15, -0.1) is 0 Å². The van der Waals surface area contributed by atoms with E-state index in [2.05, 4.69) is 27.3 Å². The zero-order chi connectivity index (χ0) is 10.6. The molecule has 1 unspecified atom stereocenters. The van der Waals surface area contributed by atoms with Gasteiger partial charge in [0.15, 0.2) is 0 Å². The molecule has 4 heteroatoms. The molecular weight excluding hydrogens is 263 g/mol.